The number of hydrogen-bond acceptors (Lipinski definition) is 3. The molecule has 0 aromatic heterocycles. The summed E-state index contributed by atoms with van der Waals surface area (Å²) in [6, 6.07) is 6.77. The monoisotopic (exact) mass is 320 g/mol. The molecule has 1 saturated carbocycles. The van der Waals surface area contributed by atoms with Gasteiger partial charge in [-0.2, -0.15) is 0 Å². The van der Waals surface area contributed by atoms with Crippen molar-refractivity contribution in [3.05, 3.63) is 35.6 Å². The fourth-order valence-electron chi connectivity index (χ4n) is 3.59. The van der Waals surface area contributed by atoms with Gasteiger partial charge in [0, 0.05) is 25.7 Å². The van der Waals surface area contributed by atoms with Crippen LogP contribution in [0.4, 0.5) is 4.39 Å². The van der Waals surface area contributed by atoms with Crippen molar-refractivity contribution in [2.75, 3.05) is 13.1 Å². The second kappa shape index (κ2) is 6.97. The fraction of sp³-hybridized carbons (Fsp3) is 0.611. The van der Waals surface area contributed by atoms with Crippen LogP contribution in [0.15, 0.2) is 24.3 Å². The molecular formula is C18H25FN2O2. The SMILES string of the molecule is O=C(NC1CCN(Cc2ccc(F)cc2)CC1)C1(O)CCCC1. The first-order chi connectivity index (χ1) is 11.0. The predicted molar refractivity (Wildman–Crippen MR) is 86.3 cm³/mol. The molecule has 2 N–H and O–H groups in total. The number of likely N-dealkylation sites (tertiary alicyclic amines) is 1. The predicted octanol–water partition coefficient (Wildman–Crippen LogP) is 2.21. The number of aliphatic hydroxyl groups is 1. The molecule has 1 aromatic carbocycles. The summed E-state index contributed by atoms with van der Waals surface area (Å²) in [5.41, 5.74) is -0.0280. The quantitative estimate of drug-likeness (QED) is 0.894. The van der Waals surface area contributed by atoms with Crippen LogP contribution in [0, 0.1) is 5.82 Å². The molecular weight excluding hydrogens is 295 g/mol. The Bertz CT molecular complexity index is 532. The molecule has 0 unspecified atom stereocenters. The van der Waals surface area contributed by atoms with Crippen LogP contribution in [-0.4, -0.2) is 40.6 Å². The number of halogens is 1. The molecule has 1 aliphatic heterocycles. The molecule has 1 saturated heterocycles. The second-order valence-electron chi connectivity index (χ2n) is 6.89. The lowest BCUT2D eigenvalue weighted by Crippen LogP contribution is -2.51. The maximum absolute atomic E-state index is 12.9. The molecule has 1 heterocycles. The average Bonchev–Trinajstić information content (AvgIpc) is 3.00. The largest absolute Gasteiger partial charge is 0.380 e. The number of nitrogens with one attached hydrogen (secondary N) is 1. The maximum Gasteiger partial charge on any atom is 0.252 e. The Morgan fingerprint density at radius 1 is 1.22 bits per heavy atom. The molecule has 5 heteroatoms. The zero-order chi connectivity index (χ0) is 16.3. The third kappa shape index (κ3) is 4.09. The Morgan fingerprint density at radius 2 is 1.83 bits per heavy atom. The zero-order valence-electron chi connectivity index (χ0n) is 13.4. The van der Waals surface area contributed by atoms with Crippen LogP contribution in [0.1, 0.15) is 44.1 Å². The Balaban J connectivity index is 1.45. The van der Waals surface area contributed by atoms with Crippen LogP contribution < -0.4 is 5.32 Å². The van der Waals surface area contributed by atoms with Gasteiger partial charge in [0.05, 0.1) is 0 Å². The number of nitrogens with zero attached hydrogens (tertiary/aromatic N) is 1. The Labute approximate surface area is 136 Å². The number of benzene rings is 1. The number of hydrogen-bond donors (Lipinski definition) is 2. The van der Waals surface area contributed by atoms with Crippen LogP contribution in [0.25, 0.3) is 0 Å². The van der Waals surface area contributed by atoms with Crippen molar-refractivity contribution in [3.63, 3.8) is 0 Å². The zero-order valence-corrected chi connectivity index (χ0v) is 13.4. The fourth-order valence-corrected chi connectivity index (χ4v) is 3.59. The molecule has 23 heavy (non-hydrogen) atoms. The molecule has 3 rings (SSSR count). The Kier molecular flexibility index (Phi) is 4.97. The first-order valence-electron chi connectivity index (χ1n) is 8.55. The van der Waals surface area contributed by atoms with Crippen LogP contribution in [0.5, 0.6) is 0 Å². The highest BCUT2D eigenvalue weighted by Crippen LogP contribution is 2.30. The summed E-state index contributed by atoms with van der Waals surface area (Å²) < 4.78 is 12.9. The number of piperidine rings is 1. The van der Waals surface area contributed by atoms with Gasteiger partial charge < -0.3 is 10.4 Å². The molecule has 2 fully saturated rings. The third-order valence-corrected chi connectivity index (χ3v) is 5.10. The average molecular weight is 320 g/mol. The van der Waals surface area contributed by atoms with Crippen LogP contribution in [0.3, 0.4) is 0 Å². The van der Waals surface area contributed by atoms with Crippen molar-refractivity contribution in [1.82, 2.24) is 10.2 Å². The standard InChI is InChI=1S/C18H25FN2O2/c19-15-5-3-14(4-6-15)13-21-11-7-16(8-12-21)20-17(22)18(23)9-1-2-10-18/h3-6,16,23H,1-2,7-13H2,(H,20,22). The lowest BCUT2D eigenvalue weighted by Gasteiger charge is -2.34. The molecule has 0 spiro atoms. The molecule has 126 valence electrons. The van der Waals surface area contributed by atoms with E-state index < -0.39 is 5.60 Å². The number of carbonyl (C=O) groups excluding carboxylic acids is 1. The van der Waals surface area contributed by atoms with Gasteiger partial charge in [0.1, 0.15) is 11.4 Å². The molecule has 4 nitrogen and oxygen atoms in total. The topological polar surface area (TPSA) is 52.6 Å². The van der Waals surface area contributed by atoms with Crippen molar-refractivity contribution >= 4 is 5.91 Å². The van der Waals surface area contributed by atoms with Crippen molar-refractivity contribution < 1.29 is 14.3 Å². The third-order valence-electron chi connectivity index (χ3n) is 5.10. The summed E-state index contributed by atoms with van der Waals surface area (Å²) in [4.78, 5) is 14.5. The summed E-state index contributed by atoms with van der Waals surface area (Å²) in [7, 11) is 0. The van der Waals surface area contributed by atoms with E-state index in [1.165, 1.54) is 12.1 Å². The van der Waals surface area contributed by atoms with Crippen molar-refractivity contribution in [3.8, 4) is 0 Å². The van der Waals surface area contributed by atoms with E-state index in [0.29, 0.717) is 12.8 Å². The minimum atomic E-state index is -1.13. The van der Waals surface area contributed by atoms with Crippen LogP contribution >= 0.6 is 0 Å². The number of carbonyl (C=O) groups is 1. The van der Waals surface area contributed by atoms with Gasteiger partial charge in [0.15, 0.2) is 0 Å². The van der Waals surface area contributed by atoms with E-state index in [1.54, 1.807) is 0 Å². The van der Waals surface area contributed by atoms with Crippen molar-refractivity contribution in [1.29, 1.82) is 0 Å². The summed E-state index contributed by atoms with van der Waals surface area (Å²) >= 11 is 0. The highest BCUT2D eigenvalue weighted by molar-refractivity contribution is 5.85. The van der Waals surface area contributed by atoms with E-state index >= 15 is 0 Å². The van der Waals surface area contributed by atoms with E-state index in [1.807, 2.05) is 12.1 Å². The minimum Gasteiger partial charge on any atom is -0.380 e. The van der Waals surface area contributed by atoms with Gasteiger partial charge in [-0.1, -0.05) is 12.1 Å². The summed E-state index contributed by atoms with van der Waals surface area (Å²) in [6.07, 6.45) is 4.82. The first kappa shape index (κ1) is 16.4. The summed E-state index contributed by atoms with van der Waals surface area (Å²) in [6.45, 7) is 2.62. The highest BCUT2D eigenvalue weighted by Gasteiger charge is 2.39. The van der Waals surface area contributed by atoms with E-state index in [4.69, 9.17) is 0 Å². The molecule has 2 aliphatic rings. The summed E-state index contributed by atoms with van der Waals surface area (Å²) in [5, 5.41) is 13.3. The van der Waals surface area contributed by atoms with Crippen molar-refractivity contribution in [2.24, 2.45) is 0 Å². The molecule has 1 amide bonds. The van der Waals surface area contributed by atoms with Crippen LogP contribution in [-0.2, 0) is 11.3 Å². The second-order valence-corrected chi connectivity index (χ2v) is 6.89. The Hall–Kier alpha value is -1.46. The van der Waals surface area contributed by atoms with Gasteiger partial charge in [-0.15, -0.1) is 0 Å². The van der Waals surface area contributed by atoms with Crippen molar-refractivity contribution in [2.45, 2.75) is 56.7 Å². The number of amides is 1. The molecule has 0 radical (unpaired) electrons. The minimum absolute atomic E-state index is 0.150. The van der Waals surface area contributed by atoms with Gasteiger partial charge in [-0.05, 0) is 56.2 Å². The van der Waals surface area contributed by atoms with Gasteiger partial charge >= 0.3 is 0 Å². The van der Waals surface area contributed by atoms with E-state index in [-0.39, 0.29) is 17.8 Å². The molecule has 1 aliphatic carbocycles. The molecule has 0 atom stereocenters. The van der Waals surface area contributed by atoms with Gasteiger partial charge in [-0.25, -0.2) is 4.39 Å². The smallest absolute Gasteiger partial charge is 0.252 e. The lowest BCUT2D eigenvalue weighted by molar-refractivity contribution is -0.140. The van der Waals surface area contributed by atoms with Crippen LogP contribution in [0.2, 0.25) is 0 Å². The number of rotatable bonds is 4. The van der Waals surface area contributed by atoms with Gasteiger partial charge in [0.2, 0.25) is 0 Å². The van der Waals surface area contributed by atoms with E-state index in [0.717, 1.165) is 50.9 Å². The van der Waals surface area contributed by atoms with E-state index in [9.17, 15) is 14.3 Å². The molecule has 0 bridgehead atoms. The Morgan fingerprint density at radius 3 is 2.43 bits per heavy atom. The normalized spacial score (nSPS) is 22.2. The highest BCUT2D eigenvalue weighted by atomic mass is 19.1. The van der Waals surface area contributed by atoms with E-state index in [2.05, 4.69) is 10.2 Å². The maximum atomic E-state index is 12.9. The van der Waals surface area contributed by atoms with Gasteiger partial charge in [-0.3, -0.25) is 9.69 Å². The molecule has 1 aromatic rings. The first-order valence-corrected chi connectivity index (χ1v) is 8.55. The summed E-state index contributed by atoms with van der Waals surface area (Å²) in [5.74, 6) is -0.396. The lowest BCUT2D eigenvalue weighted by atomic mass is 9.98. The van der Waals surface area contributed by atoms with Gasteiger partial charge in [0.25, 0.3) is 5.91 Å².